The van der Waals surface area contributed by atoms with Gasteiger partial charge in [-0.15, -0.1) is 0 Å². The van der Waals surface area contributed by atoms with E-state index in [1.165, 1.54) is 5.56 Å². The lowest BCUT2D eigenvalue weighted by Gasteiger charge is -2.06. The van der Waals surface area contributed by atoms with Crippen molar-refractivity contribution in [1.82, 2.24) is 5.32 Å². The Morgan fingerprint density at radius 1 is 1.35 bits per heavy atom. The quantitative estimate of drug-likeness (QED) is 0.793. The van der Waals surface area contributed by atoms with Crippen LogP contribution in [-0.2, 0) is 17.8 Å². The normalized spacial score (nSPS) is 9.41. The van der Waals surface area contributed by atoms with Gasteiger partial charge in [0.05, 0.1) is 12.5 Å². The Balaban J connectivity index is 2.29. The van der Waals surface area contributed by atoms with Gasteiger partial charge >= 0.3 is 6.09 Å². The van der Waals surface area contributed by atoms with Crippen LogP contribution in [0.4, 0.5) is 4.79 Å². The fourth-order valence-electron chi connectivity index (χ4n) is 1.29. The predicted molar refractivity (Wildman–Crippen MR) is 64.2 cm³/mol. The number of hydrogen-bond donors (Lipinski definition) is 1. The molecule has 4 nitrogen and oxygen atoms in total. The molecule has 0 radical (unpaired) electrons. The molecule has 0 aliphatic carbocycles. The lowest BCUT2D eigenvalue weighted by molar-refractivity contribution is 0.140. The highest BCUT2D eigenvalue weighted by molar-refractivity contribution is 5.67. The van der Waals surface area contributed by atoms with Gasteiger partial charge in [0, 0.05) is 6.54 Å². The van der Waals surface area contributed by atoms with Gasteiger partial charge in [0.2, 0.25) is 0 Å². The first-order chi connectivity index (χ1) is 8.26. The van der Waals surface area contributed by atoms with E-state index in [0.29, 0.717) is 13.0 Å². The molecule has 0 atom stereocenters. The van der Waals surface area contributed by atoms with Crippen molar-refractivity contribution in [3.05, 3.63) is 35.4 Å². The van der Waals surface area contributed by atoms with Crippen molar-refractivity contribution < 1.29 is 9.53 Å². The zero-order chi connectivity index (χ0) is 12.5. The molecular weight excluding hydrogens is 216 g/mol. The molecule has 0 saturated heterocycles. The molecule has 0 bridgehead atoms. The summed E-state index contributed by atoms with van der Waals surface area (Å²) in [7, 11) is 0. The first kappa shape index (κ1) is 13.0. The maximum absolute atomic E-state index is 11.2. The molecule has 1 rings (SSSR count). The zero-order valence-corrected chi connectivity index (χ0v) is 9.90. The van der Waals surface area contributed by atoms with Crippen molar-refractivity contribution in [2.24, 2.45) is 0 Å². The molecule has 0 fully saturated rings. The molecular formula is C13H16N2O2. The standard InChI is InChI=1S/C13H16N2O2/c1-2-11-4-6-12(7-5-11)10-17-13(16)15-9-3-8-14/h4-7H,2-3,9-10H2,1H3,(H,15,16). The van der Waals surface area contributed by atoms with E-state index in [-0.39, 0.29) is 6.61 Å². The molecule has 1 aromatic carbocycles. The van der Waals surface area contributed by atoms with Crippen molar-refractivity contribution in [2.45, 2.75) is 26.4 Å². The van der Waals surface area contributed by atoms with Gasteiger partial charge in [0.1, 0.15) is 6.61 Å². The Morgan fingerprint density at radius 3 is 2.59 bits per heavy atom. The molecule has 1 N–H and O–H groups in total. The minimum absolute atomic E-state index is 0.252. The van der Waals surface area contributed by atoms with Crippen LogP contribution in [0.1, 0.15) is 24.5 Å². The Bertz CT molecular complexity index is 393. The van der Waals surface area contributed by atoms with Crippen molar-refractivity contribution in [3.8, 4) is 6.07 Å². The number of nitriles is 1. The number of carbonyl (C=O) groups is 1. The highest BCUT2D eigenvalue weighted by Gasteiger charge is 2.01. The third-order valence-corrected chi connectivity index (χ3v) is 2.31. The summed E-state index contributed by atoms with van der Waals surface area (Å²) in [5, 5.41) is 10.8. The number of rotatable bonds is 5. The number of ether oxygens (including phenoxy) is 1. The van der Waals surface area contributed by atoms with E-state index in [4.69, 9.17) is 10.00 Å². The summed E-state index contributed by atoms with van der Waals surface area (Å²) in [6.07, 6.45) is 0.801. The summed E-state index contributed by atoms with van der Waals surface area (Å²) in [5.74, 6) is 0. The predicted octanol–water partition coefficient (Wildman–Crippen LogP) is 2.39. The molecule has 0 spiro atoms. The number of alkyl carbamates (subject to hydrolysis) is 1. The van der Waals surface area contributed by atoms with Crippen LogP contribution in [0.25, 0.3) is 0 Å². The van der Waals surface area contributed by atoms with E-state index >= 15 is 0 Å². The van der Waals surface area contributed by atoms with Crippen LogP contribution >= 0.6 is 0 Å². The Hall–Kier alpha value is -2.02. The number of amides is 1. The van der Waals surface area contributed by atoms with Crippen LogP contribution in [0.5, 0.6) is 0 Å². The average molecular weight is 232 g/mol. The average Bonchev–Trinajstić information content (AvgIpc) is 2.37. The Labute approximate surface area is 101 Å². The first-order valence-electron chi connectivity index (χ1n) is 5.61. The molecule has 17 heavy (non-hydrogen) atoms. The smallest absolute Gasteiger partial charge is 0.407 e. The highest BCUT2D eigenvalue weighted by Crippen LogP contribution is 2.06. The second-order valence-electron chi connectivity index (χ2n) is 3.58. The van der Waals surface area contributed by atoms with Crippen LogP contribution < -0.4 is 5.32 Å². The maximum Gasteiger partial charge on any atom is 0.407 e. The summed E-state index contributed by atoms with van der Waals surface area (Å²) < 4.78 is 4.99. The van der Waals surface area contributed by atoms with Gasteiger partial charge in [-0.2, -0.15) is 5.26 Å². The molecule has 0 aromatic heterocycles. The van der Waals surface area contributed by atoms with Crippen LogP contribution in [0.15, 0.2) is 24.3 Å². The number of benzene rings is 1. The summed E-state index contributed by atoms with van der Waals surface area (Å²) in [5.41, 5.74) is 2.21. The van der Waals surface area contributed by atoms with E-state index in [2.05, 4.69) is 12.2 Å². The number of aryl methyl sites for hydroxylation is 1. The van der Waals surface area contributed by atoms with E-state index in [1.54, 1.807) is 0 Å². The van der Waals surface area contributed by atoms with Crippen LogP contribution in [-0.4, -0.2) is 12.6 Å². The first-order valence-corrected chi connectivity index (χ1v) is 5.61. The molecule has 90 valence electrons. The van der Waals surface area contributed by atoms with Gasteiger partial charge < -0.3 is 10.1 Å². The number of nitrogens with one attached hydrogen (secondary N) is 1. The molecule has 0 saturated carbocycles. The topological polar surface area (TPSA) is 62.1 Å². The van der Waals surface area contributed by atoms with E-state index in [1.807, 2.05) is 30.3 Å². The van der Waals surface area contributed by atoms with Crippen molar-refractivity contribution in [2.75, 3.05) is 6.54 Å². The number of hydrogen-bond acceptors (Lipinski definition) is 3. The van der Waals surface area contributed by atoms with E-state index in [9.17, 15) is 4.79 Å². The molecule has 4 heteroatoms. The summed E-state index contributed by atoms with van der Waals surface area (Å²) in [6, 6.07) is 9.87. The second-order valence-corrected chi connectivity index (χ2v) is 3.58. The van der Waals surface area contributed by atoms with Gasteiger partial charge in [0.25, 0.3) is 0 Å². The lowest BCUT2D eigenvalue weighted by atomic mass is 10.1. The maximum atomic E-state index is 11.2. The molecule has 0 aliphatic rings. The summed E-state index contributed by atoms with van der Waals surface area (Å²) in [4.78, 5) is 11.2. The third kappa shape index (κ3) is 5.03. The third-order valence-electron chi connectivity index (χ3n) is 2.31. The van der Waals surface area contributed by atoms with E-state index in [0.717, 1.165) is 12.0 Å². The lowest BCUT2D eigenvalue weighted by Crippen LogP contribution is -2.24. The van der Waals surface area contributed by atoms with Gasteiger partial charge in [0.15, 0.2) is 0 Å². The van der Waals surface area contributed by atoms with Crippen molar-refractivity contribution in [3.63, 3.8) is 0 Å². The Kier molecular flexibility index (Phi) is 5.59. The van der Waals surface area contributed by atoms with Crippen LogP contribution in [0.3, 0.4) is 0 Å². The largest absolute Gasteiger partial charge is 0.445 e. The second kappa shape index (κ2) is 7.29. The Morgan fingerprint density at radius 2 is 2.00 bits per heavy atom. The fourth-order valence-corrected chi connectivity index (χ4v) is 1.29. The van der Waals surface area contributed by atoms with Crippen LogP contribution in [0.2, 0.25) is 0 Å². The zero-order valence-electron chi connectivity index (χ0n) is 9.90. The van der Waals surface area contributed by atoms with E-state index < -0.39 is 6.09 Å². The minimum Gasteiger partial charge on any atom is -0.445 e. The molecule has 1 amide bonds. The van der Waals surface area contributed by atoms with Crippen LogP contribution in [0, 0.1) is 11.3 Å². The minimum atomic E-state index is -0.486. The fraction of sp³-hybridized carbons (Fsp3) is 0.385. The molecule has 0 aliphatic heterocycles. The SMILES string of the molecule is CCc1ccc(COC(=O)NCCC#N)cc1. The monoisotopic (exact) mass is 232 g/mol. The molecule has 0 unspecified atom stereocenters. The summed E-state index contributed by atoms with van der Waals surface area (Å²) in [6.45, 7) is 2.67. The number of carbonyl (C=O) groups excluding carboxylic acids is 1. The molecule has 1 aromatic rings. The number of nitrogens with zero attached hydrogens (tertiary/aromatic N) is 1. The van der Waals surface area contributed by atoms with Crippen molar-refractivity contribution >= 4 is 6.09 Å². The highest BCUT2D eigenvalue weighted by atomic mass is 16.5. The van der Waals surface area contributed by atoms with Gasteiger partial charge in [-0.25, -0.2) is 4.79 Å². The van der Waals surface area contributed by atoms with Gasteiger partial charge in [-0.1, -0.05) is 31.2 Å². The van der Waals surface area contributed by atoms with Gasteiger partial charge in [-0.05, 0) is 17.5 Å². The van der Waals surface area contributed by atoms with Crippen molar-refractivity contribution in [1.29, 1.82) is 5.26 Å². The summed E-state index contributed by atoms with van der Waals surface area (Å²) >= 11 is 0. The van der Waals surface area contributed by atoms with Gasteiger partial charge in [-0.3, -0.25) is 0 Å². The molecule has 0 heterocycles.